The van der Waals surface area contributed by atoms with E-state index < -0.39 is 11.6 Å². The lowest BCUT2D eigenvalue weighted by molar-refractivity contribution is 0.0997. The van der Waals surface area contributed by atoms with Gasteiger partial charge in [0.1, 0.15) is 5.82 Å². The molecule has 6 heteroatoms. The molecule has 1 amide bonds. The number of rotatable bonds is 2. The fourth-order valence-electron chi connectivity index (χ4n) is 3.53. The van der Waals surface area contributed by atoms with Gasteiger partial charge in [-0.2, -0.15) is 4.99 Å². The van der Waals surface area contributed by atoms with Crippen LogP contribution < -0.4 is 4.80 Å². The highest BCUT2D eigenvalue weighted by molar-refractivity contribution is 7.16. The molecule has 0 saturated heterocycles. The summed E-state index contributed by atoms with van der Waals surface area (Å²) in [4.78, 5) is 17.2. The summed E-state index contributed by atoms with van der Waals surface area (Å²) in [5.74, 6) is -1.62. The van der Waals surface area contributed by atoms with Crippen molar-refractivity contribution in [3.8, 4) is 0 Å². The summed E-state index contributed by atoms with van der Waals surface area (Å²) in [5, 5.41) is 0. The maximum absolute atomic E-state index is 14.2. The zero-order valence-electron chi connectivity index (χ0n) is 14.4. The average molecular weight is 372 g/mol. The predicted molar refractivity (Wildman–Crippen MR) is 98.4 cm³/mol. The van der Waals surface area contributed by atoms with Gasteiger partial charge in [0.25, 0.3) is 5.91 Å². The van der Waals surface area contributed by atoms with Crippen LogP contribution in [0.1, 0.15) is 41.3 Å². The Balaban J connectivity index is 1.81. The van der Waals surface area contributed by atoms with E-state index in [1.165, 1.54) is 23.6 Å². The maximum atomic E-state index is 14.2. The minimum Gasteiger partial charge on any atom is -0.314 e. The van der Waals surface area contributed by atoms with Crippen molar-refractivity contribution >= 4 is 27.5 Å². The van der Waals surface area contributed by atoms with Crippen LogP contribution in [0.25, 0.3) is 10.2 Å². The van der Waals surface area contributed by atoms with Crippen molar-refractivity contribution in [3.05, 3.63) is 63.5 Å². The number of aryl methyl sites for hydroxylation is 3. The lowest BCUT2D eigenvalue weighted by atomic mass is 9.90. The molecule has 0 radical (unpaired) electrons. The van der Waals surface area contributed by atoms with Gasteiger partial charge in [0.2, 0.25) is 0 Å². The Labute approximate surface area is 153 Å². The van der Waals surface area contributed by atoms with E-state index in [-0.39, 0.29) is 11.4 Å². The van der Waals surface area contributed by atoms with E-state index in [0.29, 0.717) is 21.6 Å². The van der Waals surface area contributed by atoms with Crippen LogP contribution in [0.15, 0.2) is 35.3 Å². The minimum absolute atomic E-state index is 0.288. The van der Waals surface area contributed by atoms with Crippen LogP contribution in [0.4, 0.5) is 8.78 Å². The van der Waals surface area contributed by atoms with Crippen molar-refractivity contribution < 1.29 is 13.6 Å². The molecule has 1 aromatic heterocycles. The summed E-state index contributed by atoms with van der Waals surface area (Å²) >= 11 is 1.12. The number of nitrogens with zero attached hydrogens (tertiary/aromatic N) is 2. The molecule has 0 fully saturated rings. The number of benzene rings is 2. The van der Waals surface area contributed by atoms with Gasteiger partial charge in [-0.05, 0) is 61.9 Å². The molecule has 0 atom stereocenters. The molecule has 3 aromatic rings. The minimum atomic E-state index is -0.638. The molecule has 2 aromatic carbocycles. The van der Waals surface area contributed by atoms with Gasteiger partial charge >= 0.3 is 0 Å². The third-order valence-corrected chi connectivity index (χ3v) is 5.83. The normalized spacial score (nSPS) is 14.7. The standard InChI is InChI=1S/C20H18F2N2OS/c1-2-24-18-16(22)10-15(21)11-17(18)26-20(24)23-19(25)14-8-7-12-5-3-4-6-13(12)9-14/h7-11H,2-6H2,1H3. The summed E-state index contributed by atoms with van der Waals surface area (Å²) < 4.78 is 29.7. The highest BCUT2D eigenvalue weighted by atomic mass is 32.1. The van der Waals surface area contributed by atoms with Crippen LogP contribution in [0.2, 0.25) is 0 Å². The van der Waals surface area contributed by atoms with E-state index in [1.807, 2.05) is 19.1 Å². The summed E-state index contributed by atoms with van der Waals surface area (Å²) in [7, 11) is 0. The first-order chi connectivity index (χ1) is 12.6. The molecule has 134 valence electrons. The largest absolute Gasteiger partial charge is 0.314 e. The second-order valence-corrected chi connectivity index (χ2v) is 7.48. The lowest BCUT2D eigenvalue weighted by Gasteiger charge is -2.15. The van der Waals surface area contributed by atoms with Gasteiger partial charge in [-0.25, -0.2) is 8.78 Å². The molecule has 0 spiro atoms. The second kappa shape index (κ2) is 6.76. The van der Waals surface area contributed by atoms with E-state index in [9.17, 15) is 13.6 Å². The highest BCUT2D eigenvalue weighted by Gasteiger charge is 2.15. The van der Waals surface area contributed by atoms with E-state index in [4.69, 9.17) is 0 Å². The number of carbonyl (C=O) groups excluding carboxylic acids is 1. The number of fused-ring (bicyclic) bond motifs is 2. The monoisotopic (exact) mass is 372 g/mol. The number of carbonyl (C=O) groups is 1. The van der Waals surface area contributed by atoms with E-state index >= 15 is 0 Å². The van der Waals surface area contributed by atoms with Crippen LogP contribution in [0.5, 0.6) is 0 Å². The molecule has 0 unspecified atom stereocenters. The van der Waals surface area contributed by atoms with Crippen molar-refractivity contribution in [2.45, 2.75) is 39.2 Å². The predicted octanol–water partition coefficient (Wildman–Crippen LogP) is 4.62. The highest BCUT2D eigenvalue weighted by Crippen LogP contribution is 2.24. The van der Waals surface area contributed by atoms with Crippen LogP contribution in [-0.4, -0.2) is 10.5 Å². The number of hydrogen-bond donors (Lipinski definition) is 0. The first kappa shape index (κ1) is 17.1. The fourth-order valence-corrected chi connectivity index (χ4v) is 4.66. The Kier molecular flexibility index (Phi) is 4.44. The van der Waals surface area contributed by atoms with Crippen molar-refractivity contribution in [2.24, 2.45) is 4.99 Å². The molecular weight excluding hydrogens is 354 g/mol. The number of thiazole rings is 1. The van der Waals surface area contributed by atoms with Gasteiger partial charge in [0.15, 0.2) is 10.6 Å². The molecule has 0 aliphatic heterocycles. The van der Waals surface area contributed by atoms with E-state index in [2.05, 4.69) is 4.99 Å². The summed E-state index contributed by atoms with van der Waals surface area (Å²) in [6.45, 7) is 2.29. The number of aromatic nitrogens is 1. The Morgan fingerprint density at radius 2 is 1.92 bits per heavy atom. The molecule has 1 aliphatic carbocycles. The van der Waals surface area contributed by atoms with Crippen molar-refractivity contribution in [3.63, 3.8) is 0 Å². The average Bonchev–Trinajstić information content (AvgIpc) is 2.98. The number of hydrogen-bond acceptors (Lipinski definition) is 2. The molecule has 26 heavy (non-hydrogen) atoms. The first-order valence-electron chi connectivity index (χ1n) is 8.76. The molecule has 0 N–H and O–H groups in total. The Morgan fingerprint density at radius 1 is 1.15 bits per heavy atom. The zero-order valence-corrected chi connectivity index (χ0v) is 15.2. The van der Waals surface area contributed by atoms with Crippen LogP contribution in [0.3, 0.4) is 0 Å². The van der Waals surface area contributed by atoms with Crippen LogP contribution in [0, 0.1) is 11.6 Å². The van der Waals surface area contributed by atoms with Crippen LogP contribution in [-0.2, 0) is 19.4 Å². The van der Waals surface area contributed by atoms with Gasteiger partial charge in [0, 0.05) is 18.2 Å². The van der Waals surface area contributed by atoms with Gasteiger partial charge in [-0.15, -0.1) is 0 Å². The zero-order chi connectivity index (χ0) is 18.3. The SMILES string of the molecule is CCn1c(=NC(=O)c2ccc3c(c2)CCCC3)sc2cc(F)cc(F)c21. The van der Waals surface area contributed by atoms with Crippen molar-refractivity contribution in [1.82, 2.24) is 4.57 Å². The van der Waals surface area contributed by atoms with Crippen LogP contribution >= 0.6 is 11.3 Å². The quantitative estimate of drug-likeness (QED) is 0.646. The lowest BCUT2D eigenvalue weighted by Crippen LogP contribution is -2.16. The third kappa shape index (κ3) is 2.98. The molecule has 0 saturated carbocycles. The summed E-state index contributed by atoms with van der Waals surface area (Å²) in [5.41, 5.74) is 3.34. The van der Waals surface area contributed by atoms with E-state index in [0.717, 1.165) is 36.7 Å². The first-order valence-corrected chi connectivity index (χ1v) is 9.57. The summed E-state index contributed by atoms with van der Waals surface area (Å²) in [6, 6.07) is 7.86. The molecule has 1 aliphatic rings. The molecule has 4 rings (SSSR count). The number of halogens is 2. The topological polar surface area (TPSA) is 34.4 Å². The van der Waals surface area contributed by atoms with Gasteiger partial charge in [-0.1, -0.05) is 17.4 Å². The van der Waals surface area contributed by atoms with Gasteiger partial charge in [-0.3, -0.25) is 4.79 Å². The Hall–Kier alpha value is -2.34. The fraction of sp³-hybridized carbons (Fsp3) is 0.300. The Morgan fingerprint density at radius 3 is 2.69 bits per heavy atom. The summed E-state index contributed by atoms with van der Waals surface area (Å²) in [6.07, 6.45) is 4.36. The van der Waals surface area contributed by atoms with Gasteiger partial charge < -0.3 is 4.57 Å². The third-order valence-electron chi connectivity index (χ3n) is 4.80. The molecule has 3 nitrogen and oxygen atoms in total. The smallest absolute Gasteiger partial charge is 0.279 e. The van der Waals surface area contributed by atoms with Crippen molar-refractivity contribution in [1.29, 1.82) is 0 Å². The maximum Gasteiger partial charge on any atom is 0.279 e. The van der Waals surface area contributed by atoms with Gasteiger partial charge in [0.05, 0.1) is 10.2 Å². The van der Waals surface area contributed by atoms with Crippen molar-refractivity contribution in [2.75, 3.05) is 0 Å². The molecule has 1 heterocycles. The van der Waals surface area contributed by atoms with E-state index in [1.54, 1.807) is 10.6 Å². The number of amides is 1. The molecule has 0 bridgehead atoms. The Bertz CT molecular complexity index is 1080. The second-order valence-electron chi connectivity index (χ2n) is 6.47. The molecular formula is C20H18F2N2OS.